The highest BCUT2D eigenvalue weighted by Crippen LogP contribution is 2.22. The van der Waals surface area contributed by atoms with Crippen molar-refractivity contribution < 1.29 is 18.4 Å². The smallest absolute Gasteiger partial charge is 0.321 e. The fourth-order valence-corrected chi connectivity index (χ4v) is 2.32. The minimum absolute atomic E-state index is 0.0446. The second-order valence-corrected chi connectivity index (χ2v) is 5.77. The van der Waals surface area contributed by atoms with Crippen LogP contribution in [0.15, 0.2) is 36.4 Å². The molecule has 0 unspecified atom stereocenters. The number of urea groups is 1. The molecule has 0 fully saturated rings. The van der Waals surface area contributed by atoms with Crippen LogP contribution in [-0.4, -0.2) is 23.9 Å². The zero-order valence-corrected chi connectivity index (χ0v) is 14.3. The van der Waals surface area contributed by atoms with Gasteiger partial charge in [-0.25, -0.2) is 13.6 Å². The number of nitrogens with one attached hydrogen (secondary N) is 2. The van der Waals surface area contributed by atoms with Gasteiger partial charge in [0.1, 0.15) is 11.6 Å². The quantitative estimate of drug-likeness (QED) is 0.849. The molecule has 2 aromatic rings. The lowest BCUT2D eigenvalue weighted by molar-refractivity contribution is -0.114. The third-order valence-corrected chi connectivity index (χ3v) is 3.69. The van der Waals surface area contributed by atoms with E-state index in [1.807, 2.05) is 0 Å². The Morgan fingerprint density at radius 3 is 2.48 bits per heavy atom. The topological polar surface area (TPSA) is 61.4 Å². The molecule has 8 heteroatoms. The summed E-state index contributed by atoms with van der Waals surface area (Å²) in [4.78, 5) is 24.5. The summed E-state index contributed by atoms with van der Waals surface area (Å²) in [6, 6.07) is 7.48. The number of carbonyl (C=O) groups excluding carboxylic acids is 2. The first kappa shape index (κ1) is 18.7. The van der Waals surface area contributed by atoms with Gasteiger partial charge in [-0.05, 0) is 30.3 Å². The molecule has 0 heterocycles. The third kappa shape index (κ3) is 4.90. The van der Waals surface area contributed by atoms with Gasteiger partial charge in [-0.15, -0.1) is 0 Å². The van der Waals surface area contributed by atoms with Crippen LogP contribution in [0.2, 0.25) is 5.02 Å². The van der Waals surface area contributed by atoms with Crippen LogP contribution in [0, 0.1) is 11.6 Å². The Morgan fingerprint density at radius 2 is 1.84 bits per heavy atom. The molecule has 0 aliphatic rings. The molecule has 0 bridgehead atoms. The van der Waals surface area contributed by atoms with E-state index in [9.17, 15) is 18.4 Å². The average Bonchev–Trinajstić information content (AvgIpc) is 2.53. The van der Waals surface area contributed by atoms with Gasteiger partial charge >= 0.3 is 6.03 Å². The number of rotatable bonds is 4. The number of amides is 3. The molecule has 0 saturated heterocycles. The molecular formula is C17H16ClF2N3O2. The van der Waals surface area contributed by atoms with E-state index in [0.29, 0.717) is 0 Å². The second kappa shape index (κ2) is 7.94. The molecule has 132 valence electrons. The Hall–Kier alpha value is -2.67. The Bertz CT molecular complexity index is 794. The van der Waals surface area contributed by atoms with Crippen LogP contribution >= 0.6 is 11.6 Å². The summed E-state index contributed by atoms with van der Waals surface area (Å²) in [5.74, 6) is -1.57. The van der Waals surface area contributed by atoms with Crippen molar-refractivity contribution in [2.45, 2.75) is 13.5 Å². The van der Waals surface area contributed by atoms with E-state index in [0.717, 1.165) is 6.07 Å². The molecule has 2 aromatic carbocycles. The molecule has 0 saturated carbocycles. The van der Waals surface area contributed by atoms with Crippen molar-refractivity contribution in [3.05, 3.63) is 58.6 Å². The van der Waals surface area contributed by atoms with Crippen molar-refractivity contribution >= 4 is 34.9 Å². The summed E-state index contributed by atoms with van der Waals surface area (Å²) in [6.45, 7) is 1.20. The number of hydrogen-bond donors (Lipinski definition) is 2. The molecule has 0 atom stereocenters. The van der Waals surface area contributed by atoms with Crippen molar-refractivity contribution in [3.63, 3.8) is 0 Å². The minimum atomic E-state index is -0.625. The maximum atomic E-state index is 13.8. The Labute approximate surface area is 148 Å². The highest BCUT2D eigenvalue weighted by molar-refractivity contribution is 6.31. The molecule has 3 amide bonds. The number of hydrogen-bond acceptors (Lipinski definition) is 2. The molecule has 2 rings (SSSR count). The monoisotopic (exact) mass is 367 g/mol. The number of benzene rings is 2. The summed E-state index contributed by atoms with van der Waals surface area (Å²) in [5, 5.41) is 5.09. The largest absolute Gasteiger partial charge is 0.324 e. The summed E-state index contributed by atoms with van der Waals surface area (Å²) in [6.07, 6.45) is 0. The van der Waals surface area contributed by atoms with E-state index in [-0.39, 0.29) is 28.5 Å². The lowest BCUT2D eigenvalue weighted by atomic mass is 10.2. The van der Waals surface area contributed by atoms with Gasteiger partial charge in [0.15, 0.2) is 0 Å². The van der Waals surface area contributed by atoms with Gasteiger partial charge in [-0.1, -0.05) is 17.7 Å². The van der Waals surface area contributed by atoms with Gasteiger partial charge in [0.05, 0.1) is 12.2 Å². The molecule has 0 spiro atoms. The normalized spacial score (nSPS) is 10.3. The predicted molar refractivity (Wildman–Crippen MR) is 92.6 cm³/mol. The lowest BCUT2D eigenvalue weighted by Crippen LogP contribution is -2.31. The third-order valence-electron chi connectivity index (χ3n) is 3.33. The molecule has 0 aromatic heterocycles. The van der Waals surface area contributed by atoms with E-state index >= 15 is 0 Å². The molecule has 0 radical (unpaired) electrons. The minimum Gasteiger partial charge on any atom is -0.324 e. The van der Waals surface area contributed by atoms with Crippen molar-refractivity contribution in [2.75, 3.05) is 17.7 Å². The first-order valence-electron chi connectivity index (χ1n) is 7.30. The Morgan fingerprint density at radius 1 is 1.12 bits per heavy atom. The zero-order chi connectivity index (χ0) is 18.6. The predicted octanol–water partition coefficient (Wildman–Crippen LogP) is 4.24. The van der Waals surface area contributed by atoms with Crippen molar-refractivity contribution in [3.8, 4) is 0 Å². The fraction of sp³-hybridized carbons (Fsp3) is 0.176. The van der Waals surface area contributed by atoms with Gasteiger partial charge in [0.2, 0.25) is 5.91 Å². The first-order valence-corrected chi connectivity index (χ1v) is 7.68. The summed E-state index contributed by atoms with van der Waals surface area (Å²) in [5.41, 5.74) is 0.423. The van der Waals surface area contributed by atoms with E-state index in [1.54, 1.807) is 0 Å². The molecule has 2 N–H and O–H groups in total. The van der Waals surface area contributed by atoms with Gasteiger partial charge in [0.25, 0.3) is 0 Å². The van der Waals surface area contributed by atoms with Crippen LogP contribution in [0.3, 0.4) is 0 Å². The standard InChI is InChI=1S/C17H16ClF2N3O2/c1-10(24)21-16-8-11(6-7-15(16)20)22-17(25)23(2)9-12-13(18)4-3-5-14(12)19/h3-8H,9H2,1-2H3,(H,21,24)(H,22,25). The molecule has 5 nitrogen and oxygen atoms in total. The highest BCUT2D eigenvalue weighted by atomic mass is 35.5. The van der Waals surface area contributed by atoms with E-state index in [4.69, 9.17) is 11.6 Å². The lowest BCUT2D eigenvalue weighted by Gasteiger charge is -2.19. The van der Waals surface area contributed by atoms with E-state index < -0.39 is 23.6 Å². The SMILES string of the molecule is CC(=O)Nc1cc(NC(=O)N(C)Cc2c(F)cccc2Cl)ccc1F. The zero-order valence-electron chi connectivity index (χ0n) is 13.6. The number of carbonyl (C=O) groups is 2. The van der Waals surface area contributed by atoms with Crippen LogP contribution in [0.1, 0.15) is 12.5 Å². The number of halogens is 3. The summed E-state index contributed by atoms with van der Waals surface area (Å²) >= 11 is 5.94. The Balaban J connectivity index is 2.10. The van der Waals surface area contributed by atoms with Gasteiger partial charge in [-0.2, -0.15) is 0 Å². The molecule has 0 aliphatic carbocycles. The van der Waals surface area contributed by atoms with Gasteiger partial charge in [-0.3, -0.25) is 4.79 Å². The van der Waals surface area contributed by atoms with Crippen LogP contribution in [-0.2, 0) is 11.3 Å². The van der Waals surface area contributed by atoms with Crippen molar-refractivity contribution in [1.29, 1.82) is 0 Å². The maximum Gasteiger partial charge on any atom is 0.321 e. The van der Waals surface area contributed by atoms with E-state index in [2.05, 4.69) is 10.6 Å². The van der Waals surface area contributed by atoms with Gasteiger partial charge < -0.3 is 15.5 Å². The van der Waals surface area contributed by atoms with E-state index in [1.165, 1.54) is 49.2 Å². The van der Waals surface area contributed by atoms with Crippen LogP contribution in [0.4, 0.5) is 25.0 Å². The van der Waals surface area contributed by atoms with Gasteiger partial charge in [0, 0.05) is 30.2 Å². The Kier molecular flexibility index (Phi) is 5.93. The van der Waals surface area contributed by atoms with Crippen LogP contribution in [0.5, 0.6) is 0 Å². The number of nitrogens with zero attached hydrogens (tertiary/aromatic N) is 1. The molecular weight excluding hydrogens is 352 g/mol. The first-order chi connectivity index (χ1) is 11.8. The van der Waals surface area contributed by atoms with Crippen molar-refractivity contribution in [2.24, 2.45) is 0 Å². The number of anilines is 2. The fourth-order valence-electron chi connectivity index (χ4n) is 2.10. The maximum absolute atomic E-state index is 13.8. The molecule has 0 aliphatic heterocycles. The second-order valence-electron chi connectivity index (χ2n) is 5.36. The molecule has 25 heavy (non-hydrogen) atoms. The highest BCUT2D eigenvalue weighted by Gasteiger charge is 2.15. The average molecular weight is 368 g/mol. The summed E-state index contributed by atoms with van der Waals surface area (Å²) in [7, 11) is 1.47. The summed E-state index contributed by atoms with van der Waals surface area (Å²) < 4.78 is 27.4. The van der Waals surface area contributed by atoms with Crippen LogP contribution in [0.25, 0.3) is 0 Å². The van der Waals surface area contributed by atoms with Crippen LogP contribution < -0.4 is 10.6 Å². The van der Waals surface area contributed by atoms with Crippen molar-refractivity contribution in [1.82, 2.24) is 4.90 Å².